The number of para-hydroxylation sites is 1. The van der Waals surface area contributed by atoms with Crippen molar-refractivity contribution in [3.63, 3.8) is 0 Å². The summed E-state index contributed by atoms with van der Waals surface area (Å²) >= 11 is 6.17. The third kappa shape index (κ3) is 5.64. The standard InChI is InChI=1S/C26H21ClFN3O5/c1-35-23-13-16(10-11-22(23)36-15-17-6-2-3-7-18(17)27)12-21-25(33)31(26(34)30-21)14-24(32)29-20-9-5-4-8-19(20)28/h2-13H,14-15H2,1H3,(H,29,32)(H,30,34)/b21-12+. The van der Waals surface area contributed by atoms with Crippen LogP contribution >= 0.6 is 11.6 Å². The van der Waals surface area contributed by atoms with E-state index in [0.717, 1.165) is 10.5 Å². The average Bonchev–Trinajstić information content (AvgIpc) is 3.12. The molecule has 2 N–H and O–H groups in total. The molecule has 0 aromatic heterocycles. The highest BCUT2D eigenvalue weighted by molar-refractivity contribution is 6.31. The number of halogens is 2. The summed E-state index contributed by atoms with van der Waals surface area (Å²) in [6.45, 7) is -0.344. The second-order valence-corrected chi connectivity index (χ2v) is 8.11. The summed E-state index contributed by atoms with van der Waals surface area (Å²) in [4.78, 5) is 38.1. The quantitative estimate of drug-likeness (QED) is 0.342. The molecule has 36 heavy (non-hydrogen) atoms. The van der Waals surface area contributed by atoms with Crippen LogP contribution in [0.3, 0.4) is 0 Å². The van der Waals surface area contributed by atoms with Gasteiger partial charge in [-0.15, -0.1) is 0 Å². The summed E-state index contributed by atoms with van der Waals surface area (Å²) in [6.07, 6.45) is 1.45. The number of amides is 4. The maximum absolute atomic E-state index is 13.8. The van der Waals surface area contributed by atoms with Gasteiger partial charge in [-0.2, -0.15) is 0 Å². The molecule has 0 bridgehead atoms. The second-order valence-electron chi connectivity index (χ2n) is 7.70. The molecule has 4 rings (SSSR count). The van der Waals surface area contributed by atoms with Gasteiger partial charge in [-0.05, 0) is 42.0 Å². The molecule has 0 radical (unpaired) electrons. The van der Waals surface area contributed by atoms with Crippen molar-refractivity contribution < 1.29 is 28.2 Å². The van der Waals surface area contributed by atoms with Gasteiger partial charge in [-0.3, -0.25) is 9.59 Å². The van der Waals surface area contributed by atoms with Gasteiger partial charge in [0.2, 0.25) is 5.91 Å². The van der Waals surface area contributed by atoms with E-state index in [2.05, 4.69) is 10.6 Å². The van der Waals surface area contributed by atoms with E-state index in [1.807, 2.05) is 18.2 Å². The molecule has 1 aliphatic heterocycles. The molecule has 1 heterocycles. The smallest absolute Gasteiger partial charge is 0.329 e. The number of nitrogens with one attached hydrogen (secondary N) is 2. The Kier molecular flexibility index (Phi) is 7.50. The Morgan fingerprint density at radius 3 is 2.58 bits per heavy atom. The van der Waals surface area contributed by atoms with Crippen molar-refractivity contribution in [2.24, 2.45) is 0 Å². The molecule has 0 spiro atoms. The zero-order chi connectivity index (χ0) is 25.7. The first-order chi connectivity index (χ1) is 17.4. The van der Waals surface area contributed by atoms with Crippen LogP contribution in [0.4, 0.5) is 14.9 Å². The van der Waals surface area contributed by atoms with Crippen LogP contribution < -0.4 is 20.1 Å². The Morgan fingerprint density at radius 1 is 1.08 bits per heavy atom. The summed E-state index contributed by atoms with van der Waals surface area (Å²) in [7, 11) is 1.48. The van der Waals surface area contributed by atoms with Crippen molar-refractivity contribution in [1.82, 2.24) is 10.2 Å². The van der Waals surface area contributed by atoms with Crippen molar-refractivity contribution in [3.05, 3.63) is 94.4 Å². The number of benzene rings is 3. The highest BCUT2D eigenvalue weighted by atomic mass is 35.5. The summed E-state index contributed by atoms with van der Waals surface area (Å²) in [6, 6.07) is 17.1. The molecule has 8 nitrogen and oxygen atoms in total. The molecule has 0 unspecified atom stereocenters. The fourth-order valence-corrected chi connectivity index (χ4v) is 3.63. The predicted octanol–water partition coefficient (Wildman–Crippen LogP) is 4.60. The topological polar surface area (TPSA) is 97.0 Å². The van der Waals surface area contributed by atoms with Gasteiger partial charge in [-0.1, -0.05) is 48.0 Å². The maximum atomic E-state index is 13.8. The molecular formula is C26H21ClFN3O5. The monoisotopic (exact) mass is 509 g/mol. The van der Waals surface area contributed by atoms with Crippen LogP contribution in [0.15, 0.2) is 72.4 Å². The molecule has 1 fully saturated rings. The Balaban J connectivity index is 1.44. The average molecular weight is 510 g/mol. The number of imide groups is 1. The van der Waals surface area contributed by atoms with Crippen LogP contribution in [0, 0.1) is 5.82 Å². The van der Waals surface area contributed by atoms with Crippen molar-refractivity contribution in [1.29, 1.82) is 0 Å². The minimum Gasteiger partial charge on any atom is -0.493 e. The van der Waals surface area contributed by atoms with E-state index in [-0.39, 0.29) is 18.0 Å². The third-order valence-electron chi connectivity index (χ3n) is 5.25. The Morgan fingerprint density at radius 2 is 1.83 bits per heavy atom. The molecule has 184 valence electrons. The summed E-state index contributed by atoms with van der Waals surface area (Å²) in [5.41, 5.74) is 1.30. The molecular weight excluding hydrogens is 489 g/mol. The fourth-order valence-electron chi connectivity index (χ4n) is 3.44. The van der Waals surface area contributed by atoms with E-state index >= 15 is 0 Å². The zero-order valence-corrected chi connectivity index (χ0v) is 19.8. The van der Waals surface area contributed by atoms with Crippen LogP contribution in [0.2, 0.25) is 5.02 Å². The van der Waals surface area contributed by atoms with Crippen LogP contribution in [0.25, 0.3) is 6.08 Å². The van der Waals surface area contributed by atoms with Crippen LogP contribution in [0.1, 0.15) is 11.1 Å². The molecule has 3 aromatic rings. The number of hydrogen-bond acceptors (Lipinski definition) is 5. The number of rotatable bonds is 8. The number of urea groups is 1. The highest BCUT2D eigenvalue weighted by Crippen LogP contribution is 2.30. The molecule has 1 aliphatic rings. The van der Waals surface area contributed by atoms with Gasteiger partial charge in [0.05, 0.1) is 12.8 Å². The number of anilines is 1. The zero-order valence-electron chi connectivity index (χ0n) is 19.1. The number of nitrogens with zero attached hydrogens (tertiary/aromatic N) is 1. The number of ether oxygens (including phenoxy) is 2. The van der Waals surface area contributed by atoms with Crippen LogP contribution in [-0.2, 0) is 16.2 Å². The molecule has 10 heteroatoms. The number of carbonyl (C=O) groups excluding carboxylic acids is 3. The van der Waals surface area contributed by atoms with Gasteiger partial charge < -0.3 is 20.1 Å². The first-order valence-electron chi connectivity index (χ1n) is 10.8. The molecule has 0 aliphatic carbocycles. The lowest BCUT2D eigenvalue weighted by molar-refractivity contribution is -0.127. The van der Waals surface area contributed by atoms with Crippen molar-refractivity contribution in [3.8, 4) is 11.5 Å². The molecule has 1 saturated heterocycles. The van der Waals surface area contributed by atoms with Gasteiger partial charge in [0, 0.05) is 10.6 Å². The lowest BCUT2D eigenvalue weighted by atomic mass is 10.1. The fraction of sp³-hybridized carbons (Fsp3) is 0.115. The van der Waals surface area contributed by atoms with Gasteiger partial charge in [0.1, 0.15) is 24.7 Å². The van der Waals surface area contributed by atoms with Gasteiger partial charge in [0.25, 0.3) is 5.91 Å². The van der Waals surface area contributed by atoms with E-state index in [1.54, 1.807) is 30.3 Å². The van der Waals surface area contributed by atoms with E-state index < -0.39 is 30.2 Å². The molecule has 3 aromatic carbocycles. The van der Waals surface area contributed by atoms with E-state index in [0.29, 0.717) is 22.1 Å². The van der Waals surface area contributed by atoms with E-state index in [4.69, 9.17) is 21.1 Å². The number of carbonyl (C=O) groups is 3. The first-order valence-corrected chi connectivity index (χ1v) is 11.2. The third-order valence-corrected chi connectivity index (χ3v) is 5.62. The van der Waals surface area contributed by atoms with Crippen molar-refractivity contribution in [2.75, 3.05) is 19.0 Å². The number of hydrogen-bond donors (Lipinski definition) is 2. The normalized spacial score (nSPS) is 14.1. The SMILES string of the molecule is COc1cc(/C=C2/NC(=O)N(CC(=O)Nc3ccccc3F)C2=O)ccc1OCc1ccccc1Cl. The minimum atomic E-state index is -0.762. The van der Waals surface area contributed by atoms with Crippen LogP contribution in [0.5, 0.6) is 11.5 Å². The number of methoxy groups -OCH3 is 1. The first kappa shape index (κ1) is 24.7. The minimum absolute atomic E-state index is 0.0227. The lowest BCUT2D eigenvalue weighted by Crippen LogP contribution is -2.38. The van der Waals surface area contributed by atoms with Crippen molar-refractivity contribution in [2.45, 2.75) is 6.61 Å². The van der Waals surface area contributed by atoms with Gasteiger partial charge in [-0.25, -0.2) is 14.1 Å². The Hall–Kier alpha value is -4.37. The Bertz CT molecular complexity index is 1360. The van der Waals surface area contributed by atoms with Crippen LogP contribution in [-0.4, -0.2) is 36.4 Å². The second kappa shape index (κ2) is 10.9. The predicted molar refractivity (Wildman–Crippen MR) is 132 cm³/mol. The summed E-state index contributed by atoms with van der Waals surface area (Å²) in [5, 5.41) is 5.37. The maximum Gasteiger partial charge on any atom is 0.329 e. The van der Waals surface area contributed by atoms with Crippen molar-refractivity contribution >= 4 is 41.2 Å². The Labute approximate surface area is 211 Å². The highest BCUT2D eigenvalue weighted by Gasteiger charge is 2.35. The van der Waals surface area contributed by atoms with Gasteiger partial charge >= 0.3 is 6.03 Å². The summed E-state index contributed by atoms with van der Waals surface area (Å²) < 4.78 is 25.0. The molecule has 0 atom stereocenters. The molecule has 0 saturated carbocycles. The lowest BCUT2D eigenvalue weighted by Gasteiger charge is -2.12. The molecule has 4 amide bonds. The van der Waals surface area contributed by atoms with Gasteiger partial charge in [0.15, 0.2) is 11.5 Å². The summed E-state index contributed by atoms with van der Waals surface area (Å²) in [5.74, 6) is -1.16. The largest absolute Gasteiger partial charge is 0.493 e. The van der Waals surface area contributed by atoms with E-state index in [1.165, 1.54) is 31.4 Å². The van der Waals surface area contributed by atoms with E-state index in [9.17, 15) is 18.8 Å².